The van der Waals surface area contributed by atoms with Crippen molar-refractivity contribution in [2.24, 2.45) is 17.3 Å². The van der Waals surface area contributed by atoms with E-state index in [0.29, 0.717) is 18.4 Å². The molecule has 0 saturated carbocycles. The molecule has 1 heterocycles. The minimum atomic E-state index is -0.385. The van der Waals surface area contributed by atoms with Crippen molar-refractivity contribution in [3.8, 4) is 0 Å². The first-order chi connectivity index (χ1) is 10.2. The fraction of sp³-hybridized carbons (Fsp3) is 0.944. The Balaban J connectivity index is 2.27. The van der Waals surface area contributed by atoms with Crippen LogP contribution in [-0.2, 0) is 9.53 Å². The highest BCUT2D eigenvalue weighted by Gasteiger charge is 2.30. The van der Waals surface area contributed by atoms with Crippen LogP contribution in [0.1, 0.15) is 47.5 Å². The molecule has 0 radical (unpaired) electrons. The summed E-state index contributed by atoms with van der Waals surface area (Å²) in [5.41, 5.74) is -0.385. The van der Waals surface area contributed by atoms with Crippen LogP contribution in [-0.4, -0.2) is 62.1 Å². The molecule has 130 valence electrons. The molecule has 1 atom stereocenters. The van der Waals surface area contributed by atoms with E-state index in [2.05, 4.69) is 37.6 Å². The van der Waals surface area contributed by atoms with Crippen molar-refractivity contribution < 1.29 is 9.53 Å². The number of carbonyl (C=O) groups is 1. The molecule has 0 aromatic heterocycles. The van der Waals surface area contributed by atoms with E-state index in [1.54, 1.807) is 0 Å². The van der Waals surface area contributed by atoms with E-state index >= 15 is 0 Å². The standard InChI is InChI=1S/C18H36N2O2/c1-15(2)16(3)7-14-22-17(21)18(4,5)8-9-20-12-10-19(6)11-13-20/h15-16H,7-14H2,1-6H3. The average molecular weight is 312 g/mol. The third-order valence-electron chi connectivity index (χ3n) is 5.15. The third-order valence-corrected chi connectivity index (χ3v) is 5.15. The van der Waals surface area contributed by atoms with Gasteiger partial charge in [0.2, 0.25) is 0 Å². The Morgan fingerprint density at radius 1 is 1.14 bits per heavy atom. The monoisotopic (exact) mass is 312 g/mol. The van der Waals surface area contributed by atoms with E-state index in [0.717, 1.165) is 45.6 Å². The first-order valence-electron chi connectivity index (χ1n) is 8.80. The number of carbonyl (C=O) groups excluding carboxylic acids is 1. The number of nitrogens with zero attached hydrogens (tertiary/aromatic N) is 2. The van der Waals surface area contributed by atoms with Crippen molar-refractivity contribution in [3.05, 3.63) is 0 Å². The zero-order valence-electron chi connectivity index (χ0n) is 15.5. The number of rotatable bonds is 8. The molecule has 1 unspecified atom stereocenters. The second-order valence-electron chi connectivity index (χ2n) is 7.92. The highest BCUT2D eigenvalue weighted by atomic mass is 16.5. The van der Waals surface area contributed by atoms with Crippen molar-refractivity contribution in [1.82, 2.24) is 9.80 Å². The smallest absolute Gasteiger partial charge is 0.311 e. The fourth-order valence-corrected chi connectivity index (χ4v) is 2.48. The maximum atomic E-state index is 12.3. The lowest BCUT2D eigenvalue weighted by molar-refractivity contribution is -0.155. The van der Waals surface area contributed by atoms with Crippen LogP contribution in [0, 0.1) is 17.3 Å². The summed E-state index contributed by atoms with van der Waals surface area (Å²) in [6.45, 7) is 16.7. The number of esters is 1. The van der Waals surface area contributed by atoms with Crippen LogP contribution in [0.5, 0.6) is 0 Å². The Kier molecular flexibility index (Phi) is 7.84. The lowest BCUT2D eigenvalue weighted by Crippen LogP contribution is -2.45. The number of piperazine rings is 1. The summed E-state index contributed by atoms with van der Waals surface area (Å²) in [6, 6.07) is 0. The highest BCUT2D eigenvalue weighted by Crippen LogP contribution is 2.24. The normalized spacial score (nSPS) is 19.4. The maximum Gasteiger partial charge on any atom is 0.311 e. The molecule has 4 nitrogen and oxygen atoms in total. The van der Waals surface area contributed by atoms with Crippen molar-refractivity contribution >= 4 is 5.97 Å². The molecule has 1 rings (SSSR count). The lowest BCUT2D eigenvalue weighted by atomic mass is 9.89. The summed E-state index contributed by atoms with van der Waals surface area (Å²) in [5.74, 6) is 1.20. The Labute approximate surface area is 137 Å². The van der Waals surface area contributed by atoms with Gasteiger partial charge in [0.1, 0.15) is 0 Å². The predicted octanol–water partition coefficient (Wildman–Crippen LogP) is 2.88. The minimum Gasteiger partial charge on any atom is -0.465 e. The van der Waals surface area contributed by atoms with Gasteiger partial charge in [0.05, 0.1) is 12.0 Å². The molecule has 22 heavy (non-hydrogen) atoms. The number of hydrogen-bond acceptors (Lipinski definition) is 4. The van der Waals surface area contributed by atoms with Crippen molar-refractivity contribution in [1.29, 1.82) is 0 Å². The van der Waals surface area contributed by atoms with Gasteiger partial charge in [-0.25, -0.2) is 0 Å². The largest absolute Gasteiger partial charge is 0.465 e. The third kappa shape index (κ3) is 6.66. The second kappa shape index (κ2) is 8.88. The highest BCUT2D eigenvalue weighted by molar-refractivity contribution is 5.75. The molecule has 0 aromatic carbocycles. The van der Waals surface area contributed by atoms with Gasteiger partial charge in [-0.05, 0) is 52.1 Å². The first-order valence-corrected chi connectivity index (χ1v) is 8.80. The molecule has 0 amide bonds. The Hall–Kier alpha value is -0.610. The van der Waals surface area contributed by atoms with Crippen molar-refractivity contribution in [2.45, 2.75) is 47.5 Å². The van der Waals surface area contributed by atoms with Gasteiger partial charge >= 0.3 is 5.97 Å². The maximum absolute atomic E-state index is 12.3. The van der Waals surface area contributed by atoms with E-state index in [4.69, 9.17) is 4.74 Å². The summed E-state index contributed by atoms with van der Waals surface area (Å²) in [4.78, 5) is 17.1. The number of hydrogen-bond donors (Lipinski definition) is 0. The molecule has 0 aromatic rings. The van der Waals surface area contributed by atoms with Crippen LogP contribution in [0.25, 0.3) is 0 Å². The summed E-state index contributed by atoms with van der Waals surface area (Å²) in [7, 11) is 2.16. The summed E-state index contributed by atoms with van der Waals surface area (Å²) in [5, 5.41) is 0. The molecule has 0 spiro atoms. The second-order valence-corrected chi connectivity index (χ2v) is 7.92. The van der Waals surface area contributed by atoms with Gasteiger partial charge < -0.3 is 14.5 Å². The van der Waals surface area contributed by atoms with Gasteiger partial charge in [0, 0.05) is 26.2 Å². The summed E-state index contributed by atoms with van der Waals surface area (Å²) < 4.78 is 5.52. The number of likely N-dealkylation sites (N-methyl/N-ethyl adjacent to an activating group) is 1. The fourth-order valence-electron chi connectivity index (χ4n) is 2.48. The first kappa shape index (κ1) is 19.4. The molecule has 1 saturated heterocycles. The predicted molar refractivity (Wildman–Crippen MR) is 91.9 cm³/mol. The van der Waals surface area contributed by atoms with Gasteiger partial charge in [0.15, 0.2) is 0 Å². The van der Waals surface area contributed by atoms with Gasteiger partial charge in [-0.3, -0.25) is 4.79 Å². The van der Waals surface area contributed by atoms with Gasteiger partial charge in [-0.1, -0.05) is 20.8 Å². The molecule has 0 N–H and O–H groups in total. The SMILES string of the molecule is CC(C)C(C)CCOC(=O)C(C)(C)CCN1CCN(C)CC1. The van der Waals surface area contributed by atoms with Gasteiger partial charge in [0.25, 0.3) is 0 Å². The van der Waals surface area contributed by atoms with Crippen molar-refractivity contribution in [2.75, 3.05) is 46.4 Å². The van der Waals surface area contributed by atoms with Crippen LogP contribution in [0.4, 0.5) is 0 Å². The zero-order chi connectivity index (χ0) is 16.8. The lowest BCUT2D eigenvalue weighted by Gasteiger charge is -2.34. The van der Waals surface area contributed by atoms with E-state index in [1.807, 2.05) is 13.8 Å². The van der Waals surface area contributed by atoms with E-state index in [-0.39, 0.29) is 11.4 Å². The molecule has 0 bridgehead atoms. The van der Waals surface area contributed by atoms with Gasteiger partial charge in [-0.2, -0.15) is 0 Å². The molecule has 0 aliphatic carbocycles. The Morgan fingerprint density at radius 3 is 2.27 bits per heavy atom. The minimum absolute atomic E-state index is 0.0439. The Bertz CT molecular complexity index is 334. The van der Waals surface area contributed by atoms with E-state index < -0.39 is 0 Å². The van der Waals surface area contributed by atoms with Gasteiger partial charge in [-0.15, -0.1) is 0 Å². The van der Waals surface area contributed by atoms with Crippen LogP contribution < -0.4 is 0 Å². The average Bonchev–Trinajstić information content (AvgIpc) is 2.46. The van der Waals surface area contributed by atoms with Crippen LogP contribution in [0.3, 0.4) is 0 Å². The van der Waals surface area contributed by atoms with Crippen LogP contribution in [0.2, 0.25) is 0 Å². The van der Waals surface area contributed by atoms with E-state index in [9.17, 15) is 4.79 Å². The van der Waals surface area contributed by atoms with E-state index in [1.165, 1.54) is 0 Å². The summed E-state index contributed by atoms with van der Waals surface area (Å²) >= 11 is 0. The molecule has 1 aliphatic rings. The molecule has 4 heteroatoms. The molecular weight excluding hydrogens is 276 g/mol. The molecule has 1 fully saturated rings. The molecular formula is C18H36N2O2. The topological polar surface area (TPSA) is 32.8 Å². The van der Waals surface area contributed by atoms with Crippen LogP contribution >= 0.6 is 0 Å². The zero-order valence-corrected chi connectivity index (χ0v) is 15.5. The molecule has 1 aliphatic heterocycles. The van der Waals surface area contributed by atoms with Crippen molar-refractivity contribution in [3.63, 3.8) is 0 Å². The van der Waals surface area contributed by atoms with Crippen LogP contribution in [0.15, 0.2) is 0 Å². The quantitative estimate of drug-likeness (QED) is 0.645. The number of ether oxygens (including phenoxy) is 1. The summed E-state index contributed by atoms with van der Waals surface area (Å²) in [6.07, 6.45) is 1.83. The Morgan fingerprint density at radius 2 is 1.73 bits per heavy atom.